The monoisotopic (exact) mass is 328 g/mol. The number of rotatable bonds is 5. The molecule has 0 spiro atoms. The number of hydrogen-bond donors (Lipinski definition) is 2. The molecule has 0 aromatic heterocycles. The molecule has 6 heteroatoms. The second-order valence-corrected chi connectivity index (χ2v) is 5.36. The third-order valence-corrected chi connectivity index (χ3v) is 3.81. The van der Waals surface area contributed by atoms with Gasteiger partial charge in [0, 0.05) is 15.6 Å². The van der Waals surface area contributed by atoms with Gasteiger partial charge in [0.15, 0.2) is 0 Å². The van der Waals surface area contributed by atoms with Crippen LogP contribution in [0.3, 0.4) is 0 Å². The fourth-order valence-electron chi connectivity index (χ4n) is 2.18. The van der Waals surface area contributed by atoms with Gasteiger partial charge < -0.3 is 4.74 Å². The molecule has 112 valence electrons. The van der Waals surface area contributed by atoms with E-state index in [1.54, 1.807) is 30.3 Å². The summed E-state index contributed by atoms with van der Waals surface area (Å²) in [4.78, 5) is 0. The summed E-state index contributed by atoms with van der Waals surface area (Å²) in [6.45, 7) is 0. The van der Waals surface area contributed by atoms with E-state index in [2.05, 4.69) is 5.43 Å². The van der Waals surface area contributed by atoms with E-state index < -0.39 is 6.04 Å². The first-order valence-electron chi connectivity index (χ1n) is 6.29. The average Bonchev–Trinajstić information content (AvgIpc) is 2.47. The zero-order chi connectivity index (χ0) is 15.4. The lowest BCUT2D eigenvalue weighted by atomic mass is 9.98. The summed E-state index contributed by atoms with van der Waals surface area (Å²) in [5, 5.41) is 1.06. The molecule has 0 fully saturated rings. The molecule has 2 aromatic carbocycles. The molecule has 1 atom stereocenters. The lowest BCUT2D eigenvalue weighted by Gasteiger charge is -2.20. The van der Waals surface area contributed by atoms with Crippen molar-refractivity contribution in [1.82, 2.24) is 5.43 Å². The molecular formula is C15H15Cl2FN2O. The maximum absolute atomic E-state index is 14.1. The Bertz CT molecular complexity index is 637. The van der Waals surface area contributed by atoms with Crippen molar-refractivity contribution in [3.63, 3.8) is 0 Å². The third-order valence-electron chi connectivity index (χ3n) is 3.22. The Morgan fingerprint density at radius 2 is 2.05 bits per heavy atom. The fraction of sp³-hybridized carbons (Fsp3) is 0.200. The van der Waals surface area contributed by atoms with E-state index in [-0.39, 0.29) is 5.82 Å². The van der Waals surface area contributed by atoms with Gasteiger partial charge in [0.2, 0.25) is 0 Å². The number of halogens is 3. The van der Waals surface area contributed by atoms with Crippen LogP contribution in [0.25, 0.3) is 0 Å². The minimum atomic E-state index is -0.472. The second kappa shape index (κ2) is 7.09. The summed E-state index contributed by atoms with van der Waals surface area (Å²) in [6, 6.07) is 9.33. The predicted octanol–water partition coefficient (Wildman–Crippen LogP) is 3.89. The Kier molecular flexibility index (Phi) is 5.42. The number of ether oxygens (including phenoxy) is 1. The van der Waals surface area contributed by atoms with Crippen molar-refractivity contribution in [3.8, 4) is 5.75 Å². The number of benzene rings is 2. The van der Waals surface area contributed by atoms with E-state index in [1.165, 1.54) is 13.2 Å². The molecule has 3 N–H and O–H groups in total. The van der Waals surface area contributed by atoms with Gasteiger partial charge in [-0.1, -0.05) is 35.3 Å². The van der Waals surface area contributed by atoms with Crippen LogP contribution in [0, 0.1) is 5.82 Å². The molecule has 0 aliphatic carbocycles. The topological polar surface area (TPSA) is 47.3 Å². The van der Waals surface area contributed by atoms with Crippen LogP contribution in [0.4, 0.5) is 4.39 Å². The van der Waals surface area contributed by atoms with E-state index >= 15 is 0 Å². The molecule has 0 amide bonds. The largest absolute Gasteiger partial charge is 0.496 e. The van der Waals surface area contributed by atoms with E-state index in [1.807, 2.05) is 0 Å². The molecule has 0 radical (unpaired) electrons. The Morgan fingerprint density at radius 3 is 2.67 bits per heavy atom. The van der Waals surface area contributed by atoms with Crippen LogP contribution in [0.15, 0.2) is 36.4 Å². The van der Waals surface area contributed by atoms with Crippen molar-refractivity contribution >= 4 is 23.2 Å². The third kappa shape index (κ3) is 3.66. The Morgan fingerprint density at radius 1 is 1.29 bits per heavy atom. The van der Waals surface area contributed by atoms with E-state index in [4.69, 9.17) is 33.8 Å². The SMILES string of the molecule is COc1cccc(F)c1C(Cc1ccc(Cl)cc1Cl)NN. The smallest absolute Gasteiger partial charge is 0.131 e. The van der Waals surface area contributed by atoms with Gasteiger partial charge in [0.25, 0.3) is 0 Å². The highest BCUT2D eigenvalue weighted by molar-refractivity contribution is 6.35. The number of hydrogen-bond acceptors (Lipinski definition) is 3. The van der Waals surface area contributed by atoms with Crippen LogP contribution in [-0.4, -0.2) is 7.11 Å². The first-order chi connectivity index (χ1) is 10.1. The van der Waals surface area contributed by atoms with Gasteiger partial charge in [0.1, 0.15) is 11.6 Å². The molecule has 0 aliphatic rings. The summed E-state index contributed by atoms with van der Waals surface area (Å²) in [5.74, 6) is 5.63. The van der Waals surface area contributed by atoms with Gasteiger partial charge in [-0.3, -0.25) is 11.3 Å². The molecule has 0 saturated carbocycles. The molecule has 2 rings (SSSR count). The van der Waals surface area contributed by atoms with Gasteiger partial charge >= 0.3 is 0 Å². The van der Waals surface area contributed by atoms with Crippen molar-refractivity contribution in [2.24, 2.45) is 5.84 Å². The molecule has 0 bridgehead atoms. The summed E-state index contributed by atoms with van der Waals surface area (Å²) < 4.78 is 19.3. The molecule has 0 aliphatic heterocycles. The van der Waals surface area contributed by atoms with Crippen molar-refractivity contribution in [2.45, 2.75) is 12.5 Å². The molecule has 21 heavy (non-hydrogen) atoms. The average molecular weight is 329 g/mol. The Balaban J connectivity index is 2.36. The van der Waals surface area contributed by atoms with Gasteiger partial charge in [-0.15, -0.1) is 0 Å². The van der Waals surface area contributed by atoms with Crippen LogP contribution in [-0.2, 0) is 6.42 Å². The lowest BCUT2D eigenvalue weighted by molar-refractivity contribution is 0.390. The highest BCUT2D eigenvalue weighted by atomic mass is 35.5. The molecular weight excluding hydrogens is 314 g/mol. The minimum absolute atomic E-state index is 0.369. The Labute approximate surface area is 132 Å². The minimum Gasteiger partial charge on any atom is -0.496 e. The van der Waals surface area contributed by atoms with Crippen LogP contribution in [0.2, 0.25) is 10.0 Å². The maximum Gasteiger partial charge on any atom is 0.131 e. The molecule has 0 heterocycles. The summed E-state index contributed by atoms with van der Waals surface area (Å²) in [5.41, 5.74) is 3.80. The predicted molar refractivity (Wildman–Crippen MR) is 83.2 cm³/mol. The lowest BCUT2D eigenvalue weighted by Crippen LogP contribution is -2.30. The highest BCUT2D eigenvalue weighted by Crippen LogP contribution is 2.32. The van der Waals surface area contributed by atoms with Gasteiger partial charge in [0.05, 0.1) is 13.2 Å². The van der Waals surface area contributed by atoms with Gasteiger partial charge in [-0.05, 0) is 36.2 Å². The molecule has 3 nitrogen and oxygen atoms in total. The fourth-order valence-corrected chi connectivity index (χ4v) is 2.67. The maximum atomic E-state index is 14.1. The van der Waals surface area contributed by atoms with Crippen molar-refractivity contribution in [2.75, 3.05) is 7.11 Å². The first-order valence-corrected chi connectivity index (χ1v) is 7.05. The second-order valence-electron chi connectivity index (χ2n) is 4.51. The number of nitrogens with two attached hydrogens (primary N) is 1. The summed E-state index contributed by atoms with van der Waals surface area (Å²) in [6.07, 6.45) is 0.407. The number of methoxy groups -OCH3 is 1. The highest BCUT2D eigenvalue weighted by Gasteiger charge is 2.20. The van der Waals surface area contributed by atoms with Crippen molar-refractivity contribution < 1.29 is 9.13 Å². The van der Waals surface area contributed by atoms with Gasteiger partial charge in [-0.2, -0.15) is 0 Å². The van der Waals surface area contributed by atoms with E-state index in [0.29, 0.717) is 27.8 Å². The van der Waals surface area contributed by atoms with Crippen molar-refractivity contribution in [3.05, 3.63) is 63.4 Å². The summed E-state index contributed by atoms with van der Waals surface area (Å²) in [7, 11) is 1.49. The molecule has 0 saturated heterocycles. The first kappa shape index (κ1) is 16.0. The van der Waals surface area contributed by atoms with Crippen LogP contribution in [0.1, 0.15) is 17.2 Å². The zero-order valence-electron chi connectivity index (χ0n) is 11.4. The number of nitrogens with one attached hydrogen (secondary N) is 1. The number of hydrazine groups is 1. The zero-order valence-corrected chi connectivity index (χ0v) is 12.9. The summed E-state index contributed by atoms with van der Waals surface area (Å²) >= 11 is 12.0. The van der Waals surface area contributed by atoms with E-state index in [9.17, 15) is 4.39 Å². The van der Waals surface area contributed by atoms with E-state index in [0.717, 1.165) is 5.56 Å². The molecule has 1 unspecified atom stereocenters. The van der Waals surface area contributed by atoms with Gasteiger partial charge in [-0.25, -0.2) is 4.39 Å². The standard InChI is InChI=1S/C15H15Cl2FN2O/c1-21-14-4-2-3-12(18)15(14)13(20-19)7-9-5-6-10(16)8-11(9)17/h2-6,8,13,20H,7,19H2,1H3. The van der Waals surface area contributed by atoms with Crippen LogP contribution in [0.5, 0.6) is 5.75 Å². The Hall–Kier alpha value is -1.33. The van der Waals surface area contributed by atoms with Crippen molar-refractivity contribution in [1.29, 1.82) is 0 Å². The quantitative estimate of drug-likeness (QED) is 0.646. The molecule has 2 aromatic rings. The van der Waals surface area contributed by atoms with Crippen LogP contribution >= 0.6 is 23.2 Å². The normalized spacial score (nSPS) is 12.2. The van der Waals surface area contributed by atoms with Crippen LogP contribution < -0.4 is 16.0 Å².